The summed E-state index contributed by atoms with van der Waals surface area (Å²) in [6.45, 7) is 3.55. The van der Waals surface area contributed by atoms with Crippen molar-refractivity contribution in [3.05, 3.63) is 6.92 Å². The molecule has 1 aliphatic heterocycles. The van der Waals surface area contributed by atoms with Crippen LogP contribution in [0.15, 0.2) is 0 Å². The molecule has 0 bridgehead atoms. The van der Waals surface area contributed by atoms with Gasteiger partial charge in [-0.3, -0.25) is 4.79 Å². The maximum absolute atomic E-state index is 10.5. The lowest BCUT2D eigenvalue weighted by Crippen LogP contribution is -2.39. The SMILES string of the molecule is [CH2]C(N)C1CSC1=O. The van der Waals surface area contributed by atoms with Crippen molar-refractivity contribution < 1.29 is 4.79 Å². The monoisotopic (exact) mass is 130 g/mol. The molecule has 1 radical (unpaired) electrons. The molecule has 1 heterocycles. The van der Waals surface area contributed by atoms with Crippen LogP contribution in [0.25, 0.3) is 0 Å². The van der Waals surface area contributed by atoms with E-state index in [9.17, 15) is 4.79 Å². The van der Waals surface area contributed by atoms with E-state index >= 15 is 0 Å². The Morgan fingerprint density at radius 1 is 2.00 bits per heavy atom. The molecule has 8 heavy (non-hydrogen) atoms. The summed E-state index contributed by atoms with van der Waals surface area (Å²) in [5.41, 5.74) is 5.34. The van der Waals surface area contributed by atoms with Gasteiger partial charge in [0.2, 0.25) is 0 Å². The van der Waals surface area contributed by atoms with Crippen molar-refractivity contribution in [3.8, 4) is 0 Å². The Bertz CT molecular complexity index is 113. The zero-order chi connectivity index (χ0) is 6.15. The summed E-state index contributed by atoms with van der Waals surface area (Å²) < 4.78 is 0. The molecule has 1 saturated heterocycles. The largest absolute Gasteiger partial charge is 0.327 e. The van der Waals surface area contributed by atoms with Crippen LogP contribution in [-0.4, -0.2) is 16.9 Å². The Morgan fingerprint density at radius 2 is 2.62 bits per heavy atom. The lowest BCUT2D eigenvalue weighted by atomic mass is 10.1. The van der Waals surface area contributed by atoms with Gasteiger partial charge in [-0.1, -0.05) is 11.8 Å². The van der Waals surface area contributed by atoms with Gasteiger partial charge < -0.3 is 5.73 Å². The number of thioether (sulfide) groups is 1. The molecule has 1 rings (SSSR count). The fourth-order valence-electron chi connectivity index (χ4n) is 0.546. The molecule has 3 heteroatoms. The molecule has 1 aliphatic rings. The quantitative estimate of drug-likeness (QED) is 0.545. The Hall–Kier alpha value is -0.0200. The van der Waals surface area contributed by atoms with Crippen molar-refractivity contribution in [2.45, 2.75) is 6.04 Å². The standard InChI is InChI=1S/C5H8NOS/c1-3(6)4-2-8-5(4)7/h3-4H,1-2,6H2. The van der Waals surface area contributed by atoms with Crippen LogP contribution in [-0.2, 0) is 4.79 Å². The van der Waals surface area contributed by atoms with E-state index in [1.54, 1.807) is 0 Å². The van der Waals surface area contributed by atoms with E-state index in [-0.39, 0.29) is 17.1 Å². The molecular weight excluding hydrogens is 122 g/mol. The summed E-state index contributed by atoms with van der Waals surface area (Å²) in [5, 5.41) is 0.201. The minimum absolute atomic E-state index is 0.0417. The van der Waals surface area contributed by atoms with Crippen LogP contribution in [0.4, 0.5) is 0 Å². The van der Waals surface area contributed by atoms with Crippen molar-refractivity contribution in [2.75, 3.05) is 5.75 Å². The van der Waals surface area contributed by atoms with Crippen molar-refractivity contribution >= 4 is 16.9 Å². The molecule has 2 unspecified atom stereocenters. The number of rotatable bonds is 1. The second-order valence-electron chi connectivity index (χ2n) is 1.90. The van der Waals surface area contributed by atoms with Gasteiger partial charge in [0.05, 0.1) is 5.92 Å². The first kappa shape index (κ1) is 6.11. The molecule has 1 fully saturated rings. The normalized spacial score (nSPS) is 31.8. The summed E-state index contributed by atoms with van der Waals surface area (Å²) >= 11 is 1.34. The maximum Gasteiger partial charge on any atom is 0.194 e. The Labute approximate surface area is 52.8 Å². The average Bonchev–Trinajstić information content (AvgIpc) is 1.61. The van der Waals surface area contributed by atoms with Gasteiger partial charge in [0.15, 0.2) is 5.12 Å². The first-order chi connectivity index (χ1) is 3.72. The third-order valence-corrected chi connectivity index (χ3v) is 2.34. The number of nitrogens with two attached hydrogens (primary N) is 1. The fraction of sp³-hybridized carbons (Fsp3) is 0.600. The maximum atomic E-state index is 10.5. The number of carbonyl (C=O) groups is 1. The number of hydrogen-bond donors (Lipinski definition) is 1. The van der Waals surface area contributed by atoms with Crippen LogP contribution < -0.4 is 5.73 Å². The summed E-state index contributed by atoms with van der Waals surface area (Å²) in [4.78, 5) is 10.5. The molecule has 45 valence electrons. The summed E-state index contributed by atoms with van der Waals surface area (Å²) in [6.07, 6.45) is 0. The van der Waals surface area contributed by atoms with E-state index in [1.807, 2.05) is 0 Å². The minimum atomic E-state index is -0.191. The third-order valence-electron chi connectivity index (χ3n) is 1.22. The minimum Gasteiger partial charge on any atom is -0.327 e. The zero-order valence-electron chi connectivity index (χ0n) is 4.46. The van der Waals surface area contributed by atoms with E-state index in [0.29, 0.717) is 0 Å². The van der Waals surface area contributed by atoms with Crippen molar-refractivity contribution in [1.29, 1.82) is 0 Å². The van der Waals surface area contributed by atoms with Crippen molar-refractivity contribution in [1.82, 2.24) is 0 Å². The van der Waals surface area contributed by atoms with Gasteiger partial charge in [0.25, 0.3) is 0 Å². The highest BCUT2D eigenvalue weighted by atomic mass is 32.2. The van der Waals surface area contributed by atoms with Gasteiger partial charge in [-0.25, -0.2) is 0 Å². The first-order valence-electron chi connectivity index (χ1n) is 2.47. The predicted octanol–water partition coefficient (Wildman–Crippen LogP) is 0.0374. The molecule has 0 spiro atoms. The Morgan fingerprint density at radius 3 is 2.62 bits per heavy atom. The average molecular weight is 130 g/mol. The smallest absolute Gasteiger partial charge is 0.194 e. The molecule has 0 aromatic carbocycles. The van der Waals surface area contributed by atoms with Crippen molar-refractivity contribution in [2.24, 2.45) is 11.7 Å². The summed E-state index contributed by atoms with van der Waals surface area (Å²) in [5.74, 6) is 0.906. The molecule has 2 nitrogen and oxygen atoms in total. The molecule has 0 aliphatic carbocycles. The molecule has 0 aromatic heterocycles. The van der Waals surface area contributed by atoms with E-state index in [0.717, 1.165) is 5.75 Å². The first-order valence-corrected chi connectivity index (χ1v) is 3.45. The number of carbonyl (C=O) groups excluding carboxylic acids is 1. The molecule has 0 amide bonds. The third kappa shape index (κ3) is 0.880. The van der Waals surface area contributed by atoms with Crippen LogP contribution in [0.1, 0.15) is 0 Å². The van der Waals surface area contributed by atoms with Crippen LogP contribution in [0.2, 0.25) is 0 Å². The molecule has 2 N–H and O–H groups in total. The van der Waals surface area contributed by atoms with Gasteiger partial charge in [0.1, 0.15) is 0 Å². The fourth-order valence-corrected chi connectivity index (χ4v) is 1.46. The van der Waals surface area contributed by atoms with E-state index < -0.39 is 0 Å². The highest BCUT2D eigenvalue weighted by Crippen LogP contribution is 2.28. The van der Waals surface area contributed by atoms with Crippen LogP contribution in [0.5, 0.6) is 0 Å². The van der Waals surface area contributed by atoms with Crippen molar-refractivity contribution in [3.63, 3.8) is 0 Å². The second-order valence-corrected chi connectivity index (χ2v) is 2.92. The van der Waals surface area contributed by atoms with E-state index in [1.165, 1.54) is 11.8 Å². The van der Waals surface area contributed by atoms with E-state index in [4.69, 9.17) is 5.73 Å². The van der Waals surface area contributed by atoms with Crippen LogP contribution >= 0.6 is 11.8 Å². The van der Waals surface area contributed by atoms with Crippen LogP contribution in [0, 0.1) is 12.8 Å². The lowest BCUT2D eigenvalue weighted by molar-refractivity contribution is -0.115. The Balaban J connectivity index is 2.37. The van der Waals surface area contributed by atoms with E-state index in [2.05, 4.69) is 6.92 Å². The van der Waals surface area contributed by atoms with Gasteiger partial charge >= 0.3 is 0 Å². The topological polar surface area (TPSA) is 43.1 Å². The molecular formula is C5H8NOS. The molecule has 0 saturated carbocycles. The van der Waals surface area contributed by atoms with Gasteiger partial charge in [-0.15, -0.1) is 0 Å². The highest BCUT2D eigenvalue weighted by molar-refractivity contribution is 8.15. The van der Waals surface area contributed by atoms with Gasteiger partial charge in [-0.2, -0.15) is 0 Å². The zero-order valence-corrected chi connectivity index (χ0v) is 5.28. The van der Waals surface area contributed by atoms with Gasteiger partial charge in [-0.05, 0) is 6.92 Å². The van der Waals surface area contributed by atoms with Gasteiger partial charge in [0, 0.05) is 11.8 Å². The molecule has 2 atom stereocenters. The Kier molecular flexibility index (Phi) is 1.58. The number of hydrogen-bond acceptors (Lipinski definition) is 3. The molecule has 0 aromatic rings. The summed E-state index contributed by atoms with van der Waals surface area (Å²) in [6, 6.07) is -0.191. The second kappa shape index (κ2) is 2.07. The summed E-state index contributed by atoms with van der Waals surface area (Å²) in [7, 11) is 0. The lowest BCUT2D eigenvalue weighted by Gasteiger charge is -2.25. The highest BCUT2D eigenvalue weighted by Gasteiger charge is 2.31. The van der Waals surface area contributed by atoms with Crippen LogP contribution in [0.3, 0.4) is 0 Å². The predicted molar refractivity (Wildman–Crippen MR) is 34.3 cm³/mol.